The predicted octanol–water partition coefficient (Wildman–Crippen LogP) is 2.31. The number of benzene rings is 2. The molecule has 1 saturated heterocycles. The Hall–Kier alpha value is -2.17. The minimum atomic E-state index is -0.509. The number of carbonyl (C=O) groups excluding carboxylic acids is 1. The summed E-state index contributed by atoms with van der Waals surface area (Å²) in [4.78, 5) is 14.1. The number of hydrogen-bond donors (Lipinski definition) is 2. The maximum atomic E-state index is 12.7. The smallest absolute Gasteiger partial charge is 0.166 e. The van der Waals surface area contributed by atoms with Crippen LogP contribution in [0.25, 0.3) is 0 Å². The summed E-state index contributed by atoms with van der Waals surface area (Å²) in [7, 11) is 0. The third kappa shape index (κ3) is 6.19. The van der Waals surface area contributed by atoms with Crippen LogP contribution in [0.3, 0.4) is 0 Å². The molecule has 0 bridgehead atoms. The fraction of sp³-hybridized carbons (Fsp3) is 0.435. The average molecular weight is 368 g/mol. The van der Waals surface area contributed by atoms with Gasteiger partial charge in [-0.25, -0.2) is 0 Å². The second-order valence-electron chi connectivity index (χ2n) is 7.38. The first-order chi connectivity index (χ1) is 13.2. The molecule has 1 heterocycles. The Kier molecular flexibility index (Phi) is 7.43. The highest BCUT2D eigenvalue weighted by molar-refractivity contribution is 5.98. The first-order valence-electron chi connectivity index (χ1n) is 10.0. The Morgan fingerprint density at radius 1 is 1.00 bits per heavy atom. The van der Waals surface area contributed by atoms with Crippen LogP contribution in [0, 0.1) is 0 Å². The van der Waals surface area contributed by atoms with E-state index in [9.17, 15) is 9.90 Å². The number of piperidine rings is 1. The summed E-state index contributed by atoms with van der Waals surface area (Å²) in [6.07, 6.45) is 4.43. The molecular weight excluding hydrogens is 338 g/mol. The molecule has 0 radical (unpaired) electrons. The minimum absolute atomic E-state index is 0.0746. The molecule has 1 atom stereocenters. The van der Waals surface area contributed by atoms with Gasteiger partial charge >= 0.3 is 0 Å². The van der Waals surface area contributed by atoms with Crippen molar-refractivity contribution in [1.29, 1.82) is 0 Å². The highest BCUT2D eigenvalue weighted by Crippen LogP contribution is 2.20. The lowest BCUT2D eigenvalue weighted by molar-refractivity contribution is -0.908. The molecule has 2 N–H and O–H groups in total. The molecule has 4 heteroatoms. The Morgan fingerprint density at radius 3 is 2.48 bits per heavy atom. The lowest BCUT2D eigenvalue weighted by atomic mass is 10.0. The average Bonchev–Trinajstić information content (AvgIpc) is 2.72. The van der Waals surface area contributed by atoms with Gasteiger partial charge in [0, 0.05) is 6.42 Å². The number of Topliss-reactive ketones (excluding diaryl/α,β-unsaturated/α-hetero) is 1. The number of hydrogen-bond acceptors (Lipinski definition) is 3. The lowest BCUT2D eigenvalue weighted by Gasteiger charge is -2.25. The molecule has 1 fully saturated rings. The predicted molar refractivity (Wildman–Crippen MR) is 106 cm³/mol. The molecule has 0 amide bonds. The summed E-state index contributed by atoms with van der Waals surface area (Å²) >= 11 is 0. The molecule has 1 aliphatic heterocycles. The van der Waals surface area contributed by atoms with Crippen molar-refractivity contribution < 1.29 is 19.5 Å². The third-order valence-corrected chi connectivity index (χ3v) is 5.19. The number of likely N-dealkylation sites (tertiary alicyclic amines) is 1. The van der Waals surface area contributed by atoms with Gasteiger partial charge in [-0.1, -0.05) is 42.5 Å². The van der Waals surface area contributed by atoms with Crippen molar-refractivity contribution in [3.8, 4) is 5.75 Å². The second-order valence-corrected chi connectivity index (χ2v) is 7.38. The van der Waals surface area contributed by atoms with Gasteiger partial charge in [-0.2, -0.15) is 0 Å². The molecule has 0 aliphatic carbocycles. The molecule has 0 unspecified atom stereocenters. The second kappa shape index (κ2) is 10.2. The van der Waals surface area contributed by atoms with Gasteiger partial charge in [0.25, 0.3) is 0 Å². The SMILES string of the molecule is O=C(CCc1ccccc1)c1ccccc1OC[C@H](O)C[NH+]1CCCCC1. The van der Waals surface area contributed by atoms with Gasteiger partial charge in [-0.15, -0.1) is 0 Å². The van der Waals surface area contributed by atoms with E-state index in [1.807, 2.05) is 54.6 Å². The molecule has 2 aromatic rings. The maximum Gasteiger partial charge on any atom is 0.166 e. The Morgan fingerprint density at radius 2 is 1.70 bits per heavy atom. The molecule has 27 heavy (non-hydrogen) atoms. The normalized spacial score (nSPS) is 16.0. The number of para-hydroxylation sites is 1. The van der Waals surface area contributed by atoms with Crippen molar-refractivity contribution in [3.05, 3.63) is 65.7 Å². The van der Waals surface area contributed by atoms with E-state index in [2.05, 4.69) is 0 Å². The molecule has 0 saturated carbocycles. The van der Waals surface area contributed by atoms with Crippen LogP contribution in [-0.2, 0) is 6.42 Å². The van der Waals surface area contributed by atoms with Crippen LogP contribution in [0.1, 0.15) is 41.6 Å². The third-order valence-electron chi connectivity index (χ3n) is 5.19. The van der Waals surface area contributed by atoms with Crippen molar-refractivity contribution in [2.24, 2.45) is 0 Å². The van der Waals surface area contributed by atoms with Gasteiger partial charge in [0.2, 0.25) is 0 Å². The first-order valence-corrected chi connectivity index (χ1v) is 10.0. The number of rotatable bonds is 9. The zero-order valence-electron chi connectivity index (χ0n) is 15.9. The van der Waals surface area contributed by atoms with Crippen molar-refractivity contribution in [2.75, 3.05) is 26.2 Å². The Labute approximate surface area is 161 Å². The van der Waals surface area contributed by atoms with Gasteiger partial charge in [0.05, 0.1) is 18.7 Å². The van der Waals surface area contributed by atoms with E-state index in [-0.39, 0.29) is 12.4 Å². The highest BCUT2D eigenvalue weighted by atomic mass is 16.5. The number of carbonyl (C=O) groups is 1. The molecule has 0 aromatic heterocycles. The van der Waals surface area contributed by atoms with Crippen LogP contribution in [-0.4, -0.2) is 43.2 Å². The molecule has 3 rings (SSSR count). The molecule has 144 valence electrons. The minimum Gasteiger partial charge on any atom is -0.490 e. The maximum absolute atomic E-state index is 12.7. The van der Waals surface area contributed by atoms with E-state index < -0.39 is 6.10 Å². The van der Waals surface area contributed by atoms with Crippen LogP contribution in [0.15, 0.2) is 54.6 Å². The number of ether oxygens (including phenoxy) is 1. The first kappa shape index (κ1) is 19.6. The lowest BCUT2D eigenvalue weighted by Crippen LogP contribution is -3.14. The number of ketones is 1. The highest BCUT2D eigenvalue weighted by Gasteiger charge is 2.19. The van der Waals surface area contributed by atoms with Gasteiger partial charge in [0.1, 0.15) is 25.0 Å². The van der Waals surface area contributed by atoms with E-state index >= 15 is 0 Å². The summed E-state index contributed by atoms with van der Waals surface area (Å²) in [6, 6.07) is 17.4. The molecule has 4 nitrogen and oxygen atoms in total. The van der Waals surface area contributed by atoms with Gasteiger partial charge < -0.3 is 14.7 Å². The number of quaternary nitrogens is 1. The van der Waals surface area contributed by atoms with Crippen LogP contribution in [0.2, 0.25) is 0 Å². The largest absolute Gasteiger partial charge is 0.490 e. The van der Waals surface area contributed by atoms with Crippen molar-refractivity contribution in [2.45, 2.75) is 38.2 Å². The van der Waals surface area contributed by atoms with Crippen molar-refractivity contribution >= 4 is 5.78 Å². The number of aliphatic hydroxyl groups is 1. The van der Waals surface area contributed by atoms with Crippen LogP contribution < -0.4 is 9.64 Å². The summed E-state index contributed by atoms with van der Waals surface area (Å²) < 4.78 is 5.83. The quantitative estimate of drug-likeness (QED) is 0.668. The number of nitrogens with one attached hydrogen (secondary N) is 1. The van der Waals surface area contributed by atoms with Crippen LogP contribution >= 0.6 is 0 Å². The van der Waals surface area contributed by atoms with E-state index in [0.29, 0.717) is 24.3 Å². The summed E-state index contributed by atoms with van der Waals surface area (Å²) in [5.74, 6) is 0.647. The monoisotopic (exact) mass is 368 g/mol. The molecule has 1 aliphatic rings. The topological polar surface area (TPSA) is 51.0 Å². The molecule has 2 aromatic carbocycles. The van der Waals surface area contributed by atoms with Gasteiger partial charge in [-0.05, 0) is 43.4 Å². The fourth-order valence-electron chi connectivity index (χ4n) is 3.69. The zero-order valence-corrected chi connectivity index (χ0v) is 15.9. The molecular formula is C23H30NO3+. The van der Waals surface area contributed by atoms with E-state index in [0.717, 1.165) is 25.1 Å². The van der Waals surface area contributed by atoms with Crippen LogP contribution in [0.5, 0.6) is 5.75 Å². The summed E-state index contributed by atoms with van der Waals surface area (Å²) in [6.45, 7) is 3.20. The van der Waals surface area contributed by atoms with Crippen LogP contribution in [0.4, 0.5) is 0 Å². The summed E-state index contributed by atoms with van der Waals surface area (Å²) in [5, 5.41) is 10.3. The van der Waals surface area contributed by atoms with E-state index in [1.165, 1.54) is 24.2 Å². The standard InChI is InChI=1S/C23H29NO3/c25-20(17-24-15-7-2-8-16-24)18-27-23-12-6-5-11-21(23)22(26)14-13-19-9-3-1-4-10-19/h1,3-6,9-12,20,25H,2,7-8,13-18H2/p+1/t20-/m1/s1. The van der Waals surface area contributed by atoms with Crippen molar-refractivity contribution in [3.63, 3.8) is 0 Å². The van der Waals surface area contributed by atoms with Gasteiger partial charge in [-0.3, -0.25) is 4.79 Å². The Bertz CT molecular complexity index is 711. The van der Waals surface area contributed by atoms with E-state index in [4.69, 9.17) is 4.74 Å². The molecule has 0 spiro atoms. The zero-order chi connectivity index (χ0) is 18.9. The number of aliphatic hydroxyl groups excluding tert-OH is 1. The van der Waals surface area contributed by atoms with Gasteiger partial charge in [0.15, 0.2) is 5.78 Å². The van der Waals surface area contributed by atoms with Crippen molar-refractivity contribution in [1.82, 2.24) is 0 Å². The number of aryl methyl sites for hydroxylation is 1. The van der Waals surface area contributed by atoms with E-state index in [1.54, 1.807) is 0 Å². The fourth-order valence-corrected chi connectivity index (χ4v) is 3.69. The Balaban J connectivity index is 1.52. The summed E-state index contributed by atoms with van der Waals surface area (Å²) in [5.41, 5.74) is 1.76.